The maximum Gasteiger partial charge on any atom is 0.471 e. The van der Waals surface area contributed by atoms with Crippen molar-refractivity contribution in [3.8, 4) is 0 Å². The molecule has 0 radical (unpaired) electrons. The van der Waals surface area contributed by atoms with E-state index in [0.717, 1.165) is 18.2 Å². The first-order valence-corrected chi connectivity index (χ1v) is 11.7. The highest BCUT2D eigenvalue weighted by Gasteiger charge is 2.39. The number of hydrogen-bond donors (Lipinski definition) is 2. The molecule has 0 bridgehead atoms. The standard InChI is InChI=1S/C21H14F3N5O7S/c1-2-36-19(30)13-7-10-9-25-17-12(28-37(34,35)15-6-4-3-5-14(15)29(32)33)8-11(18(26-13)16(10)17)27-20(31)21(22,23)24/h3-9,26H,2H2,1H3,(H,27,31)/b28-12+. The highest BCUT2D eigenvalue weighted by atomic mass is 32.2. The van der Waals surface area contributed by atoms with Crippen LogP contribution in [-0.4, -0.2) is 48.0 Å². The summed E-state index contributed by atoms with van der Waals surface area (Å²) in [5, 5.41) is 12.7. The molecule has 2 N–H and O–H groups in total. The molecule has 4 aromatic rings. The Labute approximate surface area is 204 Å². The van der Waals surface area contributed by atoms with Gasteiger partial charge in [-0.25, -0.2) is 4.79 Å². The number of halogens is 3. The molecule has 0 aliphatic rings. The zero-order chi connectivity index (χ0) is 27.1. The van der Waals surface area contributed by atoms with Crippen LogP contribution in [0, 0.1) is 10.1 Å². The molecule has 0 aliphatic heterocycles. The number of H-pyrrole nitrogens is 1. The summed E-state index contributed by atoms with van der Waals surface area (Å²) in [6, 6.07) is 6.43. The van der Waals surface area contributed by atoms with Crippen molar-refractivity contribution in [3.05, 3.63) is 63.8 Å². The van der Waals surface area contributed by atoms with Crippen molar-refractivity contribution in [3.63, 3.8) is 0 Å². The predicted octanol–water partition coefficient (Wildman–Crippen LogP) is 3.03. The molecule has 37 heavy (non-hydrogen) atoms. The lowest BCUT2D eigenvalue weighted by Gasteiger charge is -2.12. The zero-order valence-corrected chi connectivity index (χ0v) is 19.3. The molecule has 192 valence electrons. The van der Waals surface area contributed by atoms with E-state index in [4.69, 9.17) is 4.74 Å². The van der Waals surface area contributed by atoms with E-state index in [0.29, 0.717) is 0 Å². The first-order valence-electron chi connectivity index (χ1n) is 10.2. The molecular formula is C21H14F3N5O7S. The minimum Gasteiger partial charge on any atom is -0.461 e. The quantitative estimate of drug-likeness (QED) is 0.214. The number of esters is 1. The van der Waals surface area contributed by atoms with E-state index >= 15 is 0 Å². The Balaban J connectivity index is 2.03. The maximum absolute atomic E-state index is 13.0. The van der Waals surface area contributed by atoms with E-state index in [1.54, 1.807) is 5.32 Å². The second-order valence-corrected chi connectivity index (χ2v) is 8.97. The van der Waals surface area contributed by atoms with Crippen LogP contribution in [0.4, 0.5) is 24.5 Å². The molecule has 4 rings (SSSR count). The number of carbonyl (C=O) groups is 2. The molecular weight excluding hydrogens is 523 g/mol. The minimum absolute atomic E-state index is 0.00164. The molecule has 0 fully saturated rings. The molecule has 0 unspecified atom stereocenters. The lowest BCUT2D eigenvalue weighted by molar-refractivity contribution is -0.387. The van der Waals surface area contributed by atoms with Gasteiger partial charge in [0.2, 0.25) is 0 Å². The lowest BCUT2D eigenvalue weighted by Crippen LogP contribution is -2.30. The fourth-order valence-electron chi connectivity index (χ4n) is 3.52. The van der Waals surface area contributed by atoms with Gasteiger partial charge in [0.15, 0.2) is 4.90 Å². The molecule has 1 amide bonds. The number of ether oxygens (including phenoxy) is 1. The third kappa shape index (κ3) is 4.77. The number of nitro benzene ring substituents is 1. The number of carbonyl (C=O) groups excluding carboxylic acids is 2. The highest BCUT2D eigenvalue weighted by molar-refractivity contribution is 7.90. The number of nitrogens with one attached hydrogen (secondary N) is 2. The first-order chi connectivity index (χ1) is 17.3. The van der Waals surface area contributed by atoms with Crippen molar-refractivity contribution < 1.29 is 40.8 Å². The minimum atomic E-state index is -5.31. The zero-order valence-electron chi connectivity index (χ0n) is 18.5. The number of amides is 1. The summed E-state index contributed by atoms with van der Waals surface area (Å²) in [6.07, 6.45) is -4.10. The molecule has 0 saturated carbocycles. The van der Waals surface area contributed by atoms with Crippen molar-refractivity contribution in [2.75, 3.05) is 11.9 Å². The van der Waals surface area contributed by atoms with E-state index < -0.39 is 54.6 Å². The van der Waals surface area contributed by atoms with Gasteiger partial charge in [0, 0.05) is 23.0 Å². The van der Waals surface area contributed by atoms with Gasteiger partial charge < -0.3 is 15.0 Å². The lowest BCUT2D eigenvalue weighted by atomic mass is 10.1. The van der Waals surface area contributed by atoms with Crippen LogP contribution in [0.2, 0.25) is 0 Å². The average molecular weight is 537 g/mol. The first kappa shape index (κ1) is 25.5. The van der Waals surface area contributed by atoms with Gasteiger partial charge in [0.25, 0.3) is 15.7 Å². The molecule has 2 heterocycles. The van der Waals surface area contributed by atoms with E-state index in [2.05, 4.69) is 14.4 Å². The summed E-state index contributed by atoms with van der Waals surface area (Å²) in [5.74, 6) is -3.23. The van der Waals surface area contributed by atoms with Crippen LogP contribution in [0.3, 0.4) is 0 Å². The molecule has 0 spiro atoms. The number of aromatic nitrogens is 2. The third-order valence-corrected chi connectivity index (χ3v) is 6.36. The Bertz CT molecular complexity index is 1750. The SMILES string of the molecule is CCOC(=O)c1cc2cnc3/c(=N/S(=O)(=O)c4ccccc4[N+](=O)[O-])cc(NC(=O)C(F)(F)F)c([nH]1)c23. The molecule has 0 atom stereocenters. The number of nitro groups is 1. The van der Waals surface area contributed by atoms with Gasteiger partial charge >= 0.3 is 18.1 Å². The second kappa shape index (κ2) is 9.12. The van der Waals surface area contributed by atoms with Crippen molar-refractivity contribution in [1.82, 2.24) is 9.97 Å². The van der Waals surface area contributed by atoms with Crippen LogP contribution < -0.4 is 10.7 Å². The second-order valence-electron chi connectivity index (χ2n) is 7.40. The Morgan fingerprint density at radius 2 is 1.95 bits per heavy atom. The normalized spacial score (nSPS) is 12.7. The Morgan fingerprint density at radius 1 is 1.24 bits per heavy atom. The summed E-state index contributed by atoms with van der Waals surface area (Å²) < 4.78 is 73.6. The van der Waals surface area contributed by atoms with Crippen LogP contribution >= 0.6 is 0 Å². The molecule has 0 aliphatic carbocycles. The Morgan fingerprint density at radius 3 is 2.59 bits per heavy atom. The van der Waals surface area contributed by atoms with Crippen molar-refractivity contribution in [2.24, 2.45) is 4.40 Å². The van der Waals surface area contributed by atoms with Crippen LogP contribution in [0.25, 0.3) is 21.8 Å². The largest absolute Gasteiger partial charge is 0.471 e. The number of rotatable bonds is 6. The molecule has 2 aromatic heterocycles. The fourth-order valence-corrected chi connectivity index (χ4v) is 4.67. The number of hydrogen-bond acceptors (Lipinski definition) is 8. The molecule has 2 aromatic carbocycles. The third-order valence-electron chi connectivity index (χ3n) is 5.02. The average Bonchev–Trinajstić information content (AvgIpc) is 3.26. The summed E-state index contributed by atoms with van der Waals surface area (Å²) in [5.41, 5.74) is -1.83. The van der Waals surface area contributed by atoms with Gasteiger partial charge in [-0.1, -0.05) is 12.1 Å². The van der Waals surface area contributed by atoms with Gasteiger partial charge in [-0.2, -0.15) is 26.0 Å². The van der Waals surface area contributed by atoms with E-state index in [1.807, 2.05) is 0 Å². The Kier molecular flexibility index (Phi) is 6.29. The fraction of sp³-hybridized carbons (Fsp3) is 0.143. The van der Waals surface area contributed by atoms with Gasteiger partial charge in [-0.15, -0.1) is 0 Å². The highest BCUT2D eigenvalue weighted by Crippen LogP contribution is 2.31. The van der Waals surface area contributed by atoms with Crippen LogP contribution in [-0.2, 0) is 19.6 Å². The van der Waals surface area contributed by atoms with Crippen molar-refractivity contribution in [2.45, 2.75) is 18.0 Å². The van der Waals surface area contributed by atoms with E-state index in [-0.39, 0.29) is 34.1 Å². The molecule has 16 heteroatoms. The van der Waals surface area contributed by atoms with Crippen LogP contribution in [0.1, 0.15) is 17.4 Å². The number of para-hydroxylation sites is 1. The molecule has 0 saturated heterocycles. The van der Waals surface area contributed by atoms with Crippen molar-refractivity contribution in [1.29, 1.82) is 0 Å². The smallest absolute Gasteiger partial charge is 0.461 e. The van der Waals surface area contributed by atoms with Gasteiger partial charge in [0.1, 0.15) is 11.1 Å². The maximum atomic E-state index is 13.0. The summed E-state index contributed by atoms with van der Waals surface area (Å²) in [4.78, 5) is 40.2. The topological polar surface area (TPSA) is 174 Å². The molecule has 12 nitrogen and oxygen atoms in total. The van der Waals surface area contributed by atoms with E-state index in [1.165, 1.54) is 31.3 Å². The predicted molar refractivity (Wildman–Crippen MR) is 121 cm³/mol. The summed E-state index contributed by atoms with van der Waals surface area (Å²) in [7, 11) is -4.78. The van der Waals surface area contributed by atoms with Crippen LogP contribution in [0.15, 0.2) is 51.9 Å². The van der Waals surface area contributed by atoms with Crippen molar-refractivity contribution >= 4 is 55.1 Å². The number of sulfonamides is 1. The van der Waals surface area contributed by atoms with Gasteiger partial charge in [-0.05, 0) is 25.1 Å². The number of pyridine rings is 1. The van der Waals surface area contributed by atoms with Gasteiger partial charge in [-0.3, -0.25) is 19.9 Å². The van der Waals surface area contributed by atoms with E-state index in [9.17, 15) is 41.3 Å². The number of benzene rings is 2. The number of aromatic amines is 1. The van der Waals surface area contributed by atoms with Crippen LogP contribution in [0.5, 0.6) is 0 Å². The summed E-state index contributed by atoms with van der Waals surface area (Å²) >= 11 is 0. The van der Waals surface area contributed by atoms with Gasteiger partial charge in [0.05, 0.1) is 28.3 Å². The monoisotopic (exact) mass is 537 g/mol. The number of alkyl halides is 3. The summed E-state index contributed by atoms with van der Waals surface area (Å²) in [6.45, 7) is 1.54. The Hall–Kier alpha value is -4.60. The number of nitrogens with zero attached hydrogens (tertiary/aromatic N) is 3. The number of anilines is 1.